The highest BCUT2D eigenvalue weighted by Crippen LogP contribution is 2.29. The molecule has 0 aliphatic heterocycles. The number of carbonyl (C=O) groups excluding carboxylic acids is 2. The van der Waals surface area contributed by atoms with E-state index in [4.69, 9.17) is 9.47 Å². The van der Waals surface area contributed by atoms with Crippen molar-refractivity contribution in [1.29, 1.82) is 0 Å². The molecule has 0 aliphatic rings. The minimum absolute atomic E-state index is 0.0676. The van der Waals surface area contributed by atoms with Crippen LogP contribution in [0.1, 0.15) is 44.8 Å². The van der Waals surface area contributed by atoms with Gasteiger partial charge in [0, 0.05) is 22.9 Å². The van der Waals surface area contributed by atoms with E-state index in [0.29, 0.717) is 22.7 Å². The van der Waals surface area contributed by atoms with E-state index in [0.717, 1.165) is 11.1 Å². The van der Waals surface area contributed by atoms with Gasteiger partial charge in [-0.2, -0.15) is 0 Å². The van der Waals surface area contributed by atoms with Crippen molar-refractivity contribution < 1.29 is 23.5 Å². The number of amides is 2. The predicted octanol–water partition coefficient (Wildman–Crippen LogP) is 4.89. The second kappa shape index (κ2) is 9.96. The van der Waals surface area contributed by atoms with Crippen LogP contribution in [0, 0.1) is 12.7 Å². The van der Waals surface area contributed by atoms with Crippen molar-refractivity contribution >= 4 is 17.5 Å². The van der Waals surface area contributed by atoms with Gasteiger partial charge in [-0.1, -0.05) is 18.2 Å². The van der Waals surface area contributed by atoms with Crippen LogP contribution in [0.5, 0.6) is 11.5 Å². The number of ether oxygens (including phenoxy) is 2. The number of nitrogens with one attached hydrogen (secondary N) is 2. The molecule has 3 aromatic rings. The number of rotatable bonds is 7. The molecule has 0 radical (unpaired) electrons. The minimum atomic E-state index is -0.612. The summed E-state index contributed by atoms with van der Waals surface area (Å²) in [4.78, 5) is 25.4. The van der Waals surface area contributed by atoms with Crippen LogP contribution < -0.4 is 20.1 Å². The quantitative estimate of drug-likeness (QED) is 0.553. The normalized spacial score (nSPS) is 11.4. The third-order valence-corrected chi connectivity index (χ3v) is 5.12. The molecule has 1 atom stereocenters. The zero-order chi connectivity index (χ0) is 23.3. The molecule has 0 aliphatic carbocycles. The van der Waals surface area contributed by atoms with Crippen LogP contribution in [0.25, 0.3) is 0 Å². The summed E-state index contributed by atoms with van der Waals surface area (Å²) in [7, 11) is 3.12. The molecule has 0 aromatic heterocycles. The lowest BCUT2D eigenvalue weighted by Gasteiger charge is -2.18. The second-order valence-electron chi connectivity index (χ2n) is 7.27. The maximum Gasteiger partial charge on any atom is 0.258 e. The maximum atomic E-state index is 13.9. The van der Waals surface area contributed by atoms with Crippen LogP contribution in [-0.4, -0.2) is 26.0 Å². The van der Waals surface area contributed by atoms with E-state index in [1.165, 1.54) is 18.2 Å². The number of hydrogen-bond acceptors (Lipinski definition) is 4. The van der Waals surface area contributed by atoms with E-state index in [2.05, 4.69) is 10.6 Å². The number of halogens is 1. The topological polar surface area (TPSA) is 76.7 Å². The molecule has 0 heterocycles. The van der Waals surface area contributed by atoms with E-state index in [-0.39, 0.29) is 17.5 Å². The van der Waals surface area contributed by atoms with E-state index >= 15 is 0 Å². The molecule has 1 unspecified atom stereocenters. The van der Waals surface area contributed by atoms with E-state index in [1.807, 2.05) is 13.0 Å². The SMILES string of the molecule is COc1ccc(C(C)NC(=O)c2ccc(C)c(NC(=O)c3ccccc3F)c2)c(OC)c1. The Morgan fingerprint density at radius 2 is 1.69 bits per heavy atom. The van der Waals surface area contributed by atoms with Crippen LogP contribution in [0.2, 0.25) is 0 Å². The first-order valence-corrected chi connectivity index (χ1v) is 10.0. The van der Waals surface area contributed by atoms with Crippen molar-refractivity contribution in [1.82, 2.24) is 5.32 Å². The Morgan fingerprint density at radius 3 is 2.38 bits per heavy atom. The van der Waals surface area contributed by atoms with E-state index < -0.39 is 11.7 Å². The Hall–Kier alpha value is -3.87. The number of hydrogen-bond donors (Lipinski definition) is 2. The third-order valence-electron chi connectivity index (χ3n) is 5.12. The first-order valence-electron chi connectivity index (χ1n) is 10.0. The van der Waals surface area contributed by atoms with Gasteiger partial charge in [0.1, 0.15) is 17.3 Å². The van der Waals surface area contributed by atoms with Gasteiger partial charge in [-0.3, -0.25) is 9.59 Å². The summed E-state index contributed by atoms with van der Waals surface area (Å²) in [5, 5.41) is 5.62. The summed E-state index contributed by atoms with van der Waals surface area (Å²) in [6.07, 6.45) is 0. The van der Waals surface area contributed by atoms with Gasteiger partial charge >= 0.3 is 0 Å². The summed E-state index contributed by atoms with van der Waals surface area (Å²) >= 11 is 0. The largest absolute Gasteiger partial charge is 0.497 e. The maximum absolute atomic E-state index is 13.9. The fourth-order valence-corrected chi connectivity index (χ4v) is 3.27. The lowest BCUT2D eigenvalue weighted by atomic mass is 10.0. The number of anilines is 1. The molecule has 0 bridgehead atoms. The van der Waals surface area contributed by atoms with Gasteiger partial charge < -0.3 is 20.1 Å². The Bertz CT molecular complexity index is 1150. The average molecular weight is 436 g/mol. The summed E-state index contributed by atoms with van der Waals surface area (Å²) in [6.45, 7) is 3.64. The number of carbonyl (C=O) groups is 2. The number of benzene rings is 3. The minimum Gasteiger partial charge on any atom is -0.497 e. The Balaban J connectivity index is 1.78. The summed E-state index contributed by atoms with van der Waals surface area (Å²) < 4.78 is 24.6. The molecular weight excluding hydrogens is 411 g/mol. The second-order valence-corrected chi connectivity index (χ2v) is 7.27. The lowest BCUT2D eigenvalue weighted by Crippen LogP contribution is -2.27. The smallest absolute Gasteiger partial charge is 0.258 e. The van der Waals surface area contributed by atoms with Gasteiger partial charge in [-0.05, 0) is 55.8 Å². The Morgan fingerprint density at radius 1 is 0.938 bits per heavy atom. The van der Waals surface area contributed by atoms with Crippen LogP contribution in [0.15, 0.2) is 60.7 Å². The highest BCUT2D eigenvalue weighted by molar-refractivity contribution is 6.05. The van der Waals surface area contributed by atoms with Crippen molar-refractivity contribution in [3.8, 4) is 11.5 Å². The number of aryl methyl sites for hydroxylation is 1. The van der Waals surface area contributed by atoms with Gasteiger partial charge in [0.05, 0.1) is 25.8 Å². The molecule has 0 saturated heterocycles. The molecule has 0 spiro atoms. The zero-order valence-electron chi connectivity index (χ0n) is 18.4. The highest BCUT2D eigenvalue weighted by atomic mass is 19.1. The van der Waals surface area contributed by atoms with Crippen molar-refractivity contribution in [2.24, 2.45) is 0 Å². The molecule has 7 heteroatoms. The van der Waals surface area contributed by atoms with Gasteiger partial charge in [0.2, 0.25) is 0 Å². The molecule has 2 amide bonds. The first kappa shape index (κ1) is 22.8. The van der Waals surface area contributed by atoms with Crippen LogP contribution in [0.3, 0.4) is 0 Å². The molecule has 2 N–H and O–H groups in total. The molecule has 3 rings (SSSR count). The summed E-state index contributed by atoms with van der Waals surface area (Å²) in [5.41, 5.74) is 2.26. The van der Waals surface area contributed by atoms with E-state index in [1.54, 1.807) is 57.5 Å². The average Bonchev–Trinajstić information content (AvgIpc) is 2.80. The lowest BCUT2D eigenvalue weighted by molar-refractivity contribution is 0.0938. The van der Waals surface area contributed by atoms with Crippen LogP contribution in [0.4, 0.5) is 10.1 Å². The summed E-state index contributed by atoms with van der Waals surface area (Å²) in [5.74, 6) is -0.271. The van der Waals surface area contributed by atoms with Crippen molar-refractivity contribution in [3.63, 3.8) is 0 Å². The Kier molecular flexibility index (Phi) is 7.10. The highest BCUT2D eigenvalue weighted by Gasteiger charge is 2.18. The van der Waals surface area contributed by atoms with Crippen LogP contribution in [-0.2, 0) is 0 Å². The van der Waals surface area contributed by atoms with Crippen molar-refractivity contribution in [2.75, 3.05) is 19.5 Å². The predicted molar refractivity (Wildman–Crippen MR) is 121 cm³/mol. The molecule has 0 saturated carbocycles. The van der Waals surface area contributed by atoms with Crippen molar-refractivity contribution in [2.45, 2.75) is 19.9 Å². The zero-order valence-corrected chi connectivity index (χ0v) is 18.4. The third kappa shape index (κ3) is 5.06. The van der Waals surface area contributed by atoms with Crippen LogP contribution >= 0.6 is 0 Å². The summed E-state index contributed by atoms with van der Waals surface area (Å²) in [6, 6.07) is 15.7. The molecular formula is C25H25FN2O4. The van der Waals surface area contributed by atoms with E-state index in [9.17, 15) is 14.0 Å². The molecule has 0 fully saturated rings. The van der Waals surface area contributed by atoms with Crippen molar-refractivity contribution in [3.05, 3.63) is 88.7 Å². The first-order chi connectivity index (χ1) is 15.3. The van der Waals surface area contributed by atoms with Gasteiger partial charge in [0.15, 0.2) is 0 Å². The van der Waals surface area contributed by atoms with Gasteiger partial charge in [-0.25, -0.2) is 4.39 Å². The fourth-order valence-electron chi connectivity index (χ4n) is 3.27. The Labute approximate surface area is 186 Å². The molecule has 166 valence electrons. The van der Waals surface area contributed by atoms with Gasteiger partial charge in [0.25, 0.3) is 11.8 Å². The monoisotopic (exact) mass is 436 g/mol. The fraction of sp³-hybridized carbons (Fsp3) is 0.200. The molecule has 3 aromatic carbocycles. The molecule has 6 nitrogen and oxygen atoms in total. The number of methoxy groups -OCH3 is 2. The standard InChI is InChI=1S/C25H25FN2O4/c1-15-9-10-17(13-22(15)28-25(30)20-7-5-6-8-21(20)26)24(29)27-16(2)19-12-11-18(31-3)14-23(19)32-4/h5-14,16H,1-4H3,(H,27,29)(H,28,30). The van der Waals surface area contributed by atoms with Gasteiger partial charge in [-0.15, -0.1) is 0 Å². The molecule has 32 heavy (non-hydrogen) atoms.